The van der Waals surface area contributed by atoms with E-state index in [2.05, 4.69) is 0 Å². The van der Waals surface area contributed by atoms with Crippen molar-refractivity contribution in [1.29, 1.82) is 0 Å². The second kappa shape index (κ2) is 18.8. The summed E-state index contributed by atoms with van der Waals surface area (Å²) in [7, 11) is 0. The lowest BCUT2D eigenvalue weighted by Gasteiger charge is -2.23. The Morgan fingerprint density at radius 3 is 1.00 bits per heavy atom. The summed E-state index contributed by atoms with van der Waals surface area (Å²) in [5.41, 5.74) is 0. The number of aromatic hydroxyl groups is 2. The van der Waals surface area contributed by atoms with Crippen LogP contribution in [0.1, 0.15) is 130 Å². The van der Waals surface area contributed by atoms with Gasteiger partial charge in [0.2, 0.25) is 0 Å². The van der Waals surface area contributed by atoms with Crippen molar-refractivity contribution >= 4 is 45.4 Å². The predicted octanol–water partition coefficient (Wildman–Crippen LogP) is 10.2. The van der Waals surface area contributed by atoms with Gasteiger partial charge in [-0.15, -0.1) is 0 Å². The van der Waals surface area contributed by atoms with Crippen LogP contribution >= 0.6 is 0 Å². The molecule has 0 unspecified atom stereocenters. The van der Waals surface area contributed by atoms with Crippen LogP contribution in [0.4, 0.5) is 0 Å². The third-order valence-electron chi connectivity index (χ3n) is 9.74. The van der Waals surface area contributed by atoms with Crippen molar-refractivity contribution in [3.05, 3.63) is 57.3 Å². The number of hydrogen-bond donors (Lipinski definition) is 2. The van der Waals surface area contributed by atoms with Gasteiger partial charge in [-0.1, -0.05) is 103 Å². The van der Waals surface area contributed by atoms with Gasteiger partial charge in [0, 0.05) is 57.3 Å². The Labute approximate surface area is 315 Å². The molecule has 10 nitrogen and oxygen atoms in total. The molecule has 0 amide bonds. The molecule has 2 N–H and O–H groups in total. The average Bonchev–Trinajstić information content (AvgIpc) is 3.12. The summed E-state index contributed by atoms with van der Waals surface area (Å²) in [5.74, 6) is -2.43. The zero-order chi connectivity index (χ0) is 38.8. The van der Waals surface area contributed by atoms with E-state index in [0.717, 1.165) is 51.4 Å². The summed E-state index contributed by atoms with van der Waals surface area (Å²) in [6.45, 7) is 8.12. The van der Waals surface area contributed by atoms with E-state index in [-0.39, 0.29) is 81.4 Å². The van der Waals surface area contributed by atoms with Crippen LogP contribution in [-0.4, -0.2) is 34.1 Å². The van der Waals surface area contributed by atoms with Crippen LogP contribution < -0.4 is 18.9 Å². The molecule has 10 heteroatoms. The number of rotatable bonds is 20. The van der Waals surface area contributed by atoms with E-state index in [0.29, 0.717) is 46.9 Å². The largest absolute Gasteiger partial charge is 0.507 e. The third-order valence-corrected chi connectivity index (χ3v) is 9.74. The molecular formula is C44H52O10. The van der Waals surface area contributed by atoms with Gasteiger partial charge >= 0.3 is 23.9 Å². The van der Waals surface area contributed by atoms with Gasteiger partial charge in [-0.05, 0) is 37.8 Å². The topological polar surface area (TPSA) is 146 Å². The van der Waals surface area contributed by atoms with Gasteiger partial charge in [0.1, 0.15) is 23.0 Å². The first-order valence-corrected chi connectivity index (χ1v) is 19.6. The maximum atomic E-state index is 13.5. The molecule has 5 rings (SSSR count). The minimum absolute atomic E-state index is 0.0174. The number of unbranched alkanes of at least 4 members (excludes halogenated alkanes) is 8. The third kappa shape index (κ3) is 8.64. The number of esters is 4. The first-order valence-electron chi connectivity index (χ1n) is 19.6. The van der Waals surface area contributed by atoms with Crippen molar-refractivity contribution in [3.8, 4) is 34.5 Å². The van der Waals surface area contributed by atoms with E-state index in [1.54, 1.807) is 24.3 Å². The van der Waals surface area contributed by atoms with Gasteiger partial charge in [0.05, 0.1) is 10.8 Å². The number of phenolic OH excluding ortho intramolecular Hbond substituents is 2. The summed E-state index contributed by atoms with van der Waals surface area (Å²) in [6.07, 6.45) is 9.72. The van der Waals surface area contributed by atoms with Crippen molar-refractivity contribution in [1.82, 2.24) is 0 Å². The highest BCUT2D eigenvalue weighted by molar-refractivity contribution is 6.04. The maximum absolute atomic E-state index is 13.5. The van der Waals surface area contributed by atoms with Crippen molar-refractivity contribution in [2.45, 2.75) is 130 Å². The molecule has 4 aromatic carbocycles. The van der Waals surface area contributed by atoms with Gasteiger partial charge in [0.25, 0.3) is 0 Å². The van der Waals surface area contributed by atoms with Crippen molar-refractivity contribution in [2.75, 3.05) is 0 Å². The fourth-order valence-corrected chi connectivity index (χ4v) is 6.95. The van der Waals surface area contributed by atoms with Gasteiger partial charge in [-0.3, -0.25) is 19.2 Å². The monoisotopic (exact) mass is 740 g/mol. The van der Waals surface area contributed by atoms with Crippen LogP contribution in [0.15, 0.2) is 36.4 Å². The van der Waals surface area contributed by atoms with Gasteiger partial charge in [0.15, 0.2) is 11.5 Å². The Morgan fingerprint density at radius 1 is 0.426 bits per heavy atom. The lowest BCUT2D eigenvalue weighted by Crippen LogP contribution is -2.16. The molecule has 0 spiro atoms. The summed E-state index contributed by atoms with van der Waals surface area (Å²) < 4.78 is 24.6. The summed E-state index contributed by atoms with van der Waals surface area (Å²) in [6, 6.07) is 9.41. The number of phenols is 2. The number of benzene rings is 4. The SMILES string of the molecule is CCCCCC(=O)Oc1c2c(c(OC(=O)CCCCC)c3c(O)cccc13)=c1c(OC(=O)CCCCC)c3c(O)cccc3c(OC(=O)CCCCC)c1=2. The zero-order valence-corrected chi connectivity index (χ0v) is 31.9. The number of fused-ring (bicyclic) bond motifs is 4. The van der Waals surface area contributed by atoms with E-state index in [9.17, 15) is 29.4 Å². The highest BCUT2D eigenvalue weighted by Crippen LogP contribution is 2.50. The Balaban J connectivity index is 1.94. The minimum Gasteiger partial charge on any atom is -0.507 e. The molecule has 0 bridgehead atoms. The summed E-state index contributed by atoms with van der Waals surface area (Å²) in [4.78, 5) is 53.9. The molecule has 4 aromatic rings. The van der Waals surface area contributed by atoms with E-state index in [1.165, 1.54) is 12.1 Å². The van der Waals surface area contributed by atoms with Crippen LogP contribution in [0.25, 0.3) is 21.5 Å². The molecule has 0 atom stereocenters. The predicted molar refractivity (Wildman–Crippen MR) is 206 cm³/mol. The highest BCUT2D eigenvalue weighted by Gasteiger charge is 2.31. The molecule has 0 radical (unpaired) electrons. The molecule has 0 aliphatic heterocycles. The van der Waals surface area contributed by atoms with Crippen LogP contribution in [0.5, 0.6) is 34.5 Å². The maximum Gasteiger partial charge on any atom is 0.311 e. The molecule has 288 valence electrons. The van der Waals surface area contributed by atoms with Crippen LogP contribution in [0.3, 0.4) is 0 Å². The van der Waals surface area contributed by atoms with Gasteiger partial charge < -0.3 is 29.2 Å². The number of carbonyl (C=O) groups is 4. The second-order valence-electron chi connectivity index (χ2n) is 13.9. The quantitative estimate of drug-likeness (QED) is 0.0449. The van der Waals surface area contributed by atoms with Gasteiger partial charge in [-0.25, -0.2) is 0 Å². The second-order valence-corrected chi connectivity index (χ2v) is 13.9. The van der Waals surface area contributed by atoms with Crippen LogP contribution in [-0.2, 0) is 19.2 Å². The first-order chi connectivity index (χ1) is 26.2. The standard InChI is InChI=1S/C44H52O10/c1-5-9-13-23-31(47)51-41-27-19-17-21-29(45)35(27)43(53-33(49)25-15-11-7-3)39-37(41)38-40(39)44(54-34(50)26-16-12-8-4)36-28(20-18-22-30(36)46)42(38)52-32(48)24-14-10-6-2/h17-22,45-46H,5-16,23-26H2,1-4H3. The highest BCUT2D eigenvalue weighted by atomic mass is 16.6. The summed E-state index contributed by atoms with van der Waals surface area (Å²) >= 11 is 0. The molecule has 1 aliphatic carbocycles. The minimum atomic E-state index is -0.544. The number of hydrogen-bond acceptors (Lipinski definition) is 10. The molecule has 0 fully saturated rings. The van der Waals surface area contributed by atoms with E-state index in [1.807, 2.05) is 27.7 Å². The fraction of sp³-hybridized carbons (Fsp3) is 0.455. The van der Waals surface area contributed by atoms with Crippen LogP contribution in [0, 0.1) is 20.9 Å². The zero-order valence-electron chi connectivity index (χ0n) is 31.9. The first kappa shape index (κ1) is 40.1. The van der Waals surface area contributed by atoms with Crippen molar-refractivity contribution in [2.24, 2.45) is 0 Å². The molecule has 0 saturated heterocycles. The lowest BCUT2D eigenvalue weighted by atomic mass is 9.90. The molecule has 0 heterocycles. The smallest absolute Gasteiger partial charge is 0.311 e. The van der Waals surface area contributed by atoms with Crippen molar-refractivity contribution < 1.29 is 48.3 Å². The molecule has 0 aromatic heterocycles. The Morgan fingerprint density at radius 2 is 0.704 bits per heavy atom. The molecular weight excluding hydrogens is 688 g/mol. The molecule has 0 saturated carbocycles. The Hall–Kier alpha value is -5.12. The van der Waals surface area contributed by atoms with E-state index >= 15 is 0 Å². The molecule has 1 aliphatic rings. The average molecular weight is 741 g/mol. The van der Waals surface area contributed by atoms with E-state index < -0.39 is 23.9 Å². The lowest BCUT2D eigenvalue weighted by molar-refractivity contribution is -0.135. The Kier molecular flexibility index (Phi) is 13.9. The number of ether oxygens (including phenoxy) is 4. The van der Waals surface area contributed by atoms with Crippen LogP contribution in [0.2, 0.25) is 0 Å². The van der Waals surface area contributed by atoms with Crippen molar-refractivity contribution in [3.63, 3.8) is 0 Å². The number of carbonyl (C=O) groups excluding carboxylic acids is 4. The fourth-order valence-electron chi connectivity index (χ4n) is 6.95. The Bertz CT molecular complexity index is 2080. The summed E-state index contributed by atoms with van der Waals surface area (Å²) in [5, 5.41) is 24.7. The normalized spacial score (nSPS) is 11.5. The van der Waals surface area contributed by atoms with E-state index in [4.69, 9.17) is 18.9 Å². The van der Waals surface area contributed by atoms with Gasteiger partial charge in [-0.2, -0.15) is 0 Å². The molecule has 54 heavy (non-hydrogen) atoms.